The van der Waals surface area contributed by atoms with Gasteiger partial charge >= 0.3 is 12.1 Å². The molecule has 1 unspecified atom stereocenters. The second-order valence-corrected chi connectivity index (χ2v) is 8.52. The van der Waals surface area contributed by atoms with Gasteiger partial charge in [-0.05, 0) is 35.6 Å². The number of rotatable bonds is 8. The minimum Gasteiger partial charge on any atom is -0.481 e. The van der Waals surface area contributed by atoms with Crippen molar-refractivity contribution < 1.29 is 24.2 Å². The van der Waals surface area contributed by atoms with Crippen LogP contribution in [0, 0.1) is 5.41 Å². The van der Waals surface area contributed by atoms with E-state index in [1.807, 2.05) is 36.4 Å². The number of aromatic amines is 1. The molecule has 1 atom stereocenters. The molecule has 9 heteroatoms. The Morgan fingerprint density at radius 2 is 1.71 bits per heavy atom. The molecule has 176 valence electrons. The van der Waals surface area contributed by atoms with Gasteiger partial charge in [-0.2, -0.15) is 5.10 Å². The molecule has 9 nitrogen and oxygen atoms in total. The van der Waals surface area contributed by atoms with Gasteiger partial charge in [-0.15, -0.1) is 0 Å². The standard InChI is InChI=1S/C25H26N4O5/c1-3-25(2,23(31)32)14-26-22(30)20-12-21(29-28-20)27-24(33)34-13-19-17-10-6-4-8-15(17)16-9-5-7-11-18(16)19/h4-12,19H,3,13-14H2,1-2H3,(H,26,30)(H,31,32)(H2,27,28,29,33). The molecule has 34 heavy (non-hydrogen) atoms. The van der Waals surface area contributed by atoms with Crippen molar-refractivity contribution in [2.75, 3.05) is 18.5 Å². The number of carboxylic acids is 1. The maximum Gasteiger partial charge on any atom is 0.412 e. The van der Waals surface area contributed by atoms with E-state index in [1.165, 1.54) is 6.07 Å². The largest absolute Gasteiger partial charge is 0.481 e. The molecule has 0 saturated heterocycles. The average Bonchev–Trinajstić information content (AvgIpc) is 3.43. The van der Waals surface area contributed by atoms with Gasteiger partial charge in [0.2, 0.25) is 0 Å². The highest BCUT2D eigenvalue weighted by atomic mass is 16.5. The van der Waals surface area contributed by atoms with Crippen LogP contribution in [0.25, 0.3) is 11.1 Å². The van der Waals surface area contributed by atoms with Crippen LogP contribution in [0.3, 0.4) is 0 Å². The van der Waals surface area contributed by atoms with Crippen molar-refractivity contribution in [3.63, 3.8) is 0 Å². The van der Waals surface area contributed by atoms with Gasteiger partial charge in [-0.1, -0.05) is 55.5 Å². The van der Waals surface area contributed by atoms with E-state index in [4.69, 9.17) is 4.74 Å². The summed E-state index contributed by atoms with van der Waals surface area (Å²) in [5.74, 6) is -1.45. The minimum atomic E-state index is -1.07. The molecule has 2 amide bonds. The predicted molar refractivity (Wildman–Crippen MR) is 126 cm³/mol. The summed E-state index contributed by atoms with van der Waals surface area (Å²) in [5, 5.41) is 20.9. The summed E-state index contributed by atoms with van der Waals surface area (Å²) in [6, 6.07) is 17.5. The number of H-pyrrole nitrogens is 1. The topological polar surface area (TPSA) is 133 Å². The molecule has 0 bridgehead atoms. The summed E-state index contributed by atoms with van der Waals surface area (Å²) in [6.45, 7) is 3.42. The first-order chi connectivity index (χ1) is 16.3. The van der Waals surface area contributed by atoms with E-state index < -0.39 is 23.4 Å². The lowest BCUT2D eigenvalue weighted by atomic mass is 9.88. The first-order valence-corrected chi connectivity index (χ1v) is 11.0. The third kappa shape index (κ3) is 4.50. The fraction of sp³-hybridized carbons (Fsp3) is 0.280. The van der Waals surface area contributed by atoms with Crippen molar-refractivity contribution >= 4 is 23.8 Å². The fourth-order valence-corrected chi connectivity index (χ4v) is 3.96. The molecule has 1 heterocycles. The smallest absolute Gasteiger partial charge is 0.412 e. The maximum absolute atomic E-state index is 12.4. The van der Waals surface area contributed by atoms with E-state index >= 15 is 0 Å². The molecule has 0 fully saturated rings. The highest BCUT2D eigenvalue weighted by molar-refractivity contribution is 5.94. The van der Waals surface area contributed by atoms with E-state index in [2.05, 4.69) is 33.0 Å². The Hall–Kier alpha value is -4.14. The van der Waals surface area contributed by atoms with Gasteiger partial charge in [-0.3, -0.25) is 20.0 Å². The normalized spacial score (nSPS) is 13.9. The molecular weight excluding hydrogens is 436 g/mol. The number of fused-ring (bicyclic) bond motifs is 3. The van der Waals surface area contributed by atoms with Crippen LogP contribution in [0.4, 0.5) is 10.6 Å². The van der Waals surface area contributed by atoms with Crippen LogP contribution >= 0.6 is 0 Å². The van der Waals surface area contributed by atoms with Crippen molar-refractivity contribution in [1.29, 1.82) is 0 Å². The van der Waals surface area contributed by atoms with Gasteiger partial charge in [0.25, 0.3) is 5.91 Å². The van der Waals surface area contributed by atoms with Crippen LogP contribution in [-0.4, -0.2) is 46.4 Å². The monoisotopic (exact) mass is 462 g/mol. The summed E-state index contributed by atoms with van der Waals surface area (Å²) in [7, 11) is 0. The number of carbonyl (C=O) groups excluding carboxylic acids is 2. The quantitative estimate of drug-likeness (QED) is 0.400. The summed E-state index contributed by atoms with van der Waals surface area (Å²) < 4.78 is 5.48. The fourth-order valence-electron chi connectivity index (χ4n) is 3.96. The number of amides is 2. The minimum absolute atomic E-state index is 0.0359. The van der Waals surface area contributed by atoms with Gasteiger partial charge in [0, 0.05) is 18.5 Å². The van der Waals surface area contributed by atoms with Crippen LogP contribution in [0.5, 0.6) is 0 Å². The number of aromatic nitrogens is 2. The molecule has 0 radical (unpaired) electrons. The molecule has 0 saturated carbocycles. The lowest BCUT2D eigenvalue weighted by Gasteiger charge is -2.22. The number of nitrogens with zero attached hydrogens (tertiary/aromatic N) is 1. The Balaban J connectivity index is 1.34. The number of hydrogen-bond donors (Lipinski definition) is 4. The summed E-state index contributed by atoms with van der Waals surface area (Å²) >= 11 is 0. The number of anilines is 1. The van der Waals surface area contributed by atoms with E-state index in [9.17, 15) is 19.5 Å². The van der Waals surface area contributed by atoms with Gasteiger partial charge < -0.3 is 15.2 Å². The van der Waals surface area contributed by atoms with Crippen LogP contribution < -0.4 is 10.6 Å². The van der Waals surface area contributed by atoms with Crippen molar-refractivity contribution in [3.05, 3.63) is 71.4 Å². The molecule has 0 aliphatic heterocycles. The predicted octanol–water partition coefficient (Wildman–Crippen LogP) is 4.00. The highest BCUT2D eigenvalue weighted by Crippen LogP contribution is 2.44. The number of benzene rings is 2. The number of carbonyl (C=O) groups is 3. The Morgan fingerprint density at radius 3 is 2.29 bits per heavy atom. The van der Waals surface area contributed by atoms with Gasteiger partial charge in [0.1, 0.15) is 12.3 Å². The van der Waals surface area contributed by atoms with Crippen LogP contribution in [0.15, 0.2) is 54.6 Å². The van der Waals surface area contributed by atoms with E-state index in [0.717, 1.165) is 22.3 Å². The summed E-state index contributed by atoms with van der Waals surface area (Å²) in [6.07, 6.45) is -0.329. The average molecular weight is 463 g/mol. The molecule has 2 aromatic carbocycles. The van der Waals surface area contributed by atoms with Gasteiger partial charge in [0.05, 0.1) is 5.41 Å². The molecule has 3 aromatic rings. The maximum atomic E-state index is 12.4. The van der Waals surface area contributed by atoms with E-state index in [0.29, 0.717) is 6.42 Å². The first-order valence-electron chi connectivity index (χ1n) is 11.0. The Bertz CT molecular complexity index is 1190. The SMILES string of the molecule is CCC(C)(CNC(=O)c1cc(NC(=O)OCC2c3ccccc3-c3ccccc32)n[nH]1)C(=O)O. The van der Waals surface area contributed by atoms with Crippen molar-refractivity contribution in [3.8, 4) is 11.1 Å². The Labute approximate surface area is 196 Å². The number of nitrogens with one attached hydrogen (secondary N) is 3. The zero-order valence-electron chi connectivity index (χ0n) is 18.9. The number of aliphatic carboxylic acids is 1. The molecule has 1 aliphatic carbocycles. The third-order valence-electron chi connectivity index (χ3n) is 6.33. The molecule has 4 rings (SSSR count). The van der Waals surface area contributed by atoms with Gasteiger partial charge in [-0.25, -0.2) is 4.79 Å². The molecule has 0 spiro atoms. The number of carboxylic acid groups (broad SMARTS) is 1. The Kier molecular flexibility index (Phi) is 6.36. The van der Waals surface area contributed by atoms with Gasteiger partial charge in [0.15, 0.2) is 5.82 Å². The van der Waals surface area contributed by atoms with Crippen molar-refractivity contribution in [1.82, 2.24) is 15.5 Å². The Morgan fingerprint density at radius 1 is 1.09 bits per heavy atom. The summed E-state index contributed by atoms with van der Waals surface area (Å²) in [4.78, 5) is 36.1. The van der Waals surface area contributed by atoms with E-state index in [-0.39, 0.29) is 30.6 Å². The summed E-state index contributed by atoms with van der Waals surface area (Å²) in [5.41, 5.74) is 3.51. The van der Waals surface area contributed by atoms with Crippen LogP contribution in [-0.2, 0) is 9.53 Å². The van der Waals surface area contributed by atoms with Crippen LogP contribution in [0.1, 0.15) is 47.8 Å². The zero-order valence-corrected chi connectivity index (χ0v) is 18.9. The number of hydrogen-bond acceptors (Lipinski definition) is 5. The highest BCUT2D eigenvalue weighted by Gasteiger charge is 2.32. The van der Waals surface area contributed by atoms with Crippen molar-refractivity contribution in [2.45, 2.75) is 26.2 Å². The lowest BCUT2D eigenvalue weighted by molar-refractivity contribution is -0.147. The van der Waals surface area contributed by atoms with Crippen LogP contribution in [0.2, 0.25) is 0 Å². The molecular formula is C25H26N4O5. The third-order valence-corrected chi connectivity index (χ3v) is 6.33. The first kappa shape index (κ1) is 23.0. The van der Waals surface area contributed by atoms with E-state index in [1.54, 1.807) is 13.8 Å². The van der Waals surface area contributed by atoms with Crippen molar-refractivity contribution in [2.24, 2.45) is 5.41 Å². The number of ether oxygens (including phenoxy) is 1. The molecule has 4 N–H and O–H groups in total. The molecule has 1 aliphatic rings. The second kappa shape index (κ2) is 9.38. The zero-order chi connectivity index (χ0) is 24.3. The molecule has 1 aromatic heterocycles. The lowest BCUT2D eigenvalue weighted by Crippen LogP contribution is -2.40. The second-order valence-electron chi connectivity index (χ2n) is 8.52.